The predicted octanol–water partition coefficient (Wildman–Crippen LogP) is 4.05. The Morgan fingerprint density at radius 1 is 1.42 bits per heavy atom. The molecular weight excluding hydrogens is 302 g/mol. The SMILES string of the molecule is CC(CC1CCC1)NCc1cc(Br)cc2c1OCC2. The molecule has 0 radical (unpaired) electrons. The molecule has 1 heterocycles. The number of halogens is 1. The first kappa shape index (κ1) is 13.4. The van der Waals surface area contributed by atoms with Crippen LogP contribution in [0.3, 0.4) is 0 Å². The largest absolute Gasteiger partial charge is 0.493 e. The fraction of sp³-hybridized carbons (Fsp3) is 0.625. The lowest BCUT2D eigenvalue weighted by atomic mass is 9.81. The Hall–Kier alpha value is -0.540. The zero-order valence-electron chi connectivity index (χ0n) is 11.5. The number of hydrogen-bond acceptors (Lipinski definition) is 2. The average molecular weight is 324 g/mol. The zero-order valence-corrected chi connectivity index (χ0v) is 13.1. The molecular formula is C16H22BrNO. The summed E-state index contributed by atoms with van der Waals surface area (Å²) in [5.41, 5.74) is 2.64. The van der Waals surface area contributed by atoms with Crippen molar-refractivity contribution in [1.82, 2.24) is 5.32 Å². The van der Waals surface area contributed by atoms with Crippen LogP contribution in [0.1, 0.15) is 43.7 Å². The van der Waals surface area contributed by atoms with Gasteiger partial charge in [0, 0.05) is 29.0 Å². The van der Waals surface area contributed by atoms with Crippen molar-refractivity contribution in [2.75, 3.05) is 6.61 Å². The highest BCUT2D eigenvalue weighted by atomic mass is 79.9. The molecule has 1 aromatic carbocycles. The zero-order chi connectivity index (χ0) is 13.2. The van der Waals surface area contributed by atoms with Crippen molar-refractivity contribution in [3.63, 3.8) is 0 Å². The lowest BCUT2D eigenvalue weighted by molar-refractivity contribution is 0.265. The van der Waals surface area contributed by atoms with Crippen molar-refractivity contribution < 1.29 is 4.74 Å². The van der Waals surface area contributed by atoms with E-state index in [2.05, 4.69) is 40.3 Å². The van der Waals surface area contributed by atoms with Crippen LogP contribution in [-0.4, -0.2) is 12.6 Å². The summed E-state index contributed by atoms with van der Waals surface area (Å²) in [5.74, 6) is 2.08. The van der Waals surface area contributed by atoms with E-state index in [1.54, 1.807) is 0 Å². The molecule has 0 amide bonds. The third-order valence-corrected chi connectivity index (χ3v) is 4.84. The van der Waals surface area contributed by atoms with Crippen molar-refractivity contribution in [2.24, 2.45) is 5.92 Å². The molecule has 3 heteroatoms. The van der Waals surface area contributed by atoms with Crippen LogP contribution in [0.25, 0.3) is 0 Å². The molecule has 3 rings (SSSR count). The highest BCUT2D eigenvalue weighted by Crippen LogP contribution is 2.33. The summed E-state index contributed by atoms with van der Waals surface area (Å²) in [6.45, 7) is 4.05. The van der Waals surface area contributed by atoms with E-state index in [0.29, 0.717) is 6.04 Å². The van der Waals surface area contributed by atoms with E-state index in [1.807, 2.05) is 0 Å². The van der Waals surface area contributed by atoms with Crippen LogP contribution < -0.4 is 10.1 Å². The monoisotopic (exact) mass is 323 g/mol. The van der Waals surface area contributed by atoms with E-state index in [1.165, 1.54) is 41.3 Å². The molecule has 1 atom stereocenters. The first-order chi connectivity index (χ1) is 9.22. The molecule has 1 aliphatic carbocycles. The Bertz CT molecular complexity index is 456. The van der Waals surface area contributed by atoms with E-state index in [0.717, 1.165) is 31.2 Å². The van der Waals surface area contributed by atoms with Crippen LogP contribution >= 0.6 is 15.9 Å². The molecule has 1 N–H and O–H groups in total. The molecule has 0 spiro atoms. The van der Waals surface area contributed by atoms with Gasteiger partial charge in [-0.2, -0.15) is 0 Å². The van der Waals surface area contributed by atoms with Gasteiger partial charge < -0.3 is 10.1 Å². The molecule has 0 aromatic heterocycles. The second-order valence-electron chi connectivity index (χ2n) is 5.97. The topological polar surface area (TPSA) is 21.3 Å². The molecule has 19 heavy (non-hydrogen) atoms. The summed E-state index contributed by atoms with van der Waals surface area (Å²) in [4.78, 5) is 0. The van der Waals surface area contributed by atoms with Gasteiger partial charge in [-0.1, -0.05) is 35.2 Å². The Kier molecular flexibility index (Phi) is 4.13. The van der Waals surface area contributed by atoms with Crippen molar-refractivity contribution in [3.8, 4) is 5.75 Å². The number of hydrogen-bond donors (Lipinski definition) is 1. The normalized spacial score (nSPS) is 19.7. The van der Waals surface area contributed by atoms with Crippen LogP contribution in [0.2, 0.25) is 0 Å². The van der Waals surface area contributed by atoms with Crippen LogP contribution in [0.4, 0.5) is 0 Å². The molecule has 0 saturated heterocycles. The van der Waals surface area contributed by atoms with Gasteiger partial charge in [0.1, 0.15) is 5.75 Å². The molecule has 1 aliphatic heterocycles. The molecule has 0 bridgehead atoms. The Morgan fingerprint density at radius 2 is 2.26 bits per heavy atom. The second kappa shape index (κ2) is 5.84. The minimum absolute atomic E-state index is 0.598. The quantitative estimate of drug-likeness (QED) is 0.882. The highest BCUT2D eigenvalue weighted by molar-refractivity contribution is 9.10. The van der Waals surface area contributed by atoms with Crippen LogP contribution in [0.15, 0.2) is 16.6 Å². The lowest BCUT2D eigenvalue weighted by Gasteiger charge is -2.28. The van der Waals surface area contributed by atoms with E-state index in [9.17, 15) is 0 Å². The van der Waals surface area contributed by atoms with Gasteiger partial charge in [-0.05, 0) is 37.0 Å². The minimum atomic E-state index is 0.598. The first-order valence-electron chi connectivity index (χ1n) is 7.40. The molecule has 104 valence electrons. The minimum Gasteiger partial charge on any atom is -0.493 e. The van der Waals surface area contributed by atoms with Gasteiger partial charge in [0.05, 0.1) is 6.61 Å². The van der Waals surface area contributed by atoms with E-state index in [4.69, 9.17) is 4.74 Å². The number of fused-ring (bicyclic) bond motifs is 1. The molecule has 1 aromatic rings. The Balaban J connectivity index is 1.60. The standard InChI is InChI=1S/C16H22BrNO/c1-11(7-12-3-2-4-12)18-10-14-9-15(17)8-13-5-6-19-16(13)14/h8-9,11-12,18H,2-7,10H2,1H3. The summed E-state index contributed by atoms with van der Waals surface area (Å²) in [5, 5.41) is 3.65. The van der Waals surface area contributed by atoms with E-state index in [-0.39, 0.29) is 0 Å². The van der Waals surface area contributed by atoms with Gasteiger partial charge in [0.25, 0.3) is 0 Å². The first-order valence-corrected chi connectivity index (χ1v) is 8.19. The van der Waals surface area contributed by atoms with Crippen molar-refractivity contribution in [2.45, 2.75) is 51.6 Å². The van der Waals surface area contributed by atoms with Gasteiger partial charge >= 0.3 is 0 Å². The second-order valence-corrected chi connectivity index (χ2v) is 6.88. The summed E-state index contributed by atoms with van der Waals surface area (Å²) in [6, 6.07) is 4.97. The number of ether oxygens (including phenoxy) is 1. The molecule has 2 aliphatic rings. The lowest BCUT2D eigenvalue weighted by Crippen LogP contribution is -2.29. The number of benzene rings is 1. The maximum atomic E-state index is 5.77. The van der Waals surface area contributed by atoms with Gasteiger partial charge in [0.15, 0.2) is 0 Å². The van der Waals surface area contributed by atoms with Gasteiger partial charge in [0.2, 0.25) is 0 Å². The van der Waals surface area contributed by atoms with Crippen molar-refractivity contribution in [1.29, 1.82) is 0 Å². The number of rotatable bonds is 5. The van der Waals surface area contributed by atoms with Gasteiger partial charge in [-0.15, -0.1) is 0 Å². The van der Waals surface area contributed by atoms with E-state index < -0.39 is 0 Å². The Morgan fingerprint density at radius 3 is 3.00 bits per heavy atom. The van der Waals surface area contributed by atoms with E-state index >= 15 is 0 Å². The van der Waals surface area contributed by atoms with Gasteiger partial charge in [-0.25, -0.2) is 0 Å². The molecule has 2 nitrogen and oxygen atoms in total. The van der Waals surface area contributed by atoms with Gasteiger partial charge in [-0.3, -0.25) is 0 Å². The summed E-state index contributed by atoms with van der Waals surface area (Å²) in [6.07, 6.45) is 6.66. The third kappa shape index (κ3) is 3.14. The third-order valence-electron chi connectivity index (χ3n) is 4.38. The summed E-state index contributed by atoms with van der Waals surface area (Å²) in [7, 11) is 0. The maximum Gasteiger partial charge on any atom is 0.127 e. The van der Waals surface area contributed by atoms with Crippen LogP contribution in [0, 0.1) is 5.92 Å². The average Bonchev–Trinajstić information content (AvgIpc) is 2.78. The highest BCUT2D eigenvalue weighted by Gasteiger charge is 2.21. The molecule has 1 fully saturated rings. The maximum absolute atomic E-state index is 5.77. The fourth-order valence-corrected chi connectivity index (χ4v) is 3.63. The predicted molar refractivity (Wildman–Crippen MR) is 81.6 cm³/mol. The fourth-order valence-electron chi connectivity index (χ4n) is 3.07. The number of nitrogens with one attached hydrogen (secondary N) is 1. The summed E-state index contributed by atoms with van der Waals surface area (Å²) < 4.78 is 6.94. The smallest absolute Gasteiger partial charge is 0.127 e. The van der Waals surface area contributed by atoms with Crippen LogP contribution in [-0.2, 0) is 13.0 Å². The van der Waals surface area contributed by atoms with Crippen LogP contribution in [0.5, 0.6) is 5.75 Å². The molecule has 1 unspecified atom stereocenters. The van der Waals surface area contributed by atoms with Crippen molar-refractivity contribution in [3.05, 3.63) is 27.7 Å². The molecule has 1 saturated carbocycles. The summed E-state index contributed by atoms with van der Waals surface area (Å²) >= 11 is 3.60. The Labute approximate surface area is 124 Å². The van der Waals surface area contributed by atoms with Crippen molar-refractivity contribution >= 4 is 15.9 Å².